The van der Waals surface area contributed by atoms with Gasteiger partial charge in [0, 0.05) is 30.8 Å². The van der Waals surface area contributed by atoms with E-state index in [0.29, 0.717) is 84.6 Å². The molecule has 2 aromatic rings. The lowest BCUT2D eigenvalue weighted by atomic mass is 10.1. The van der Waals surface area contributed by atoms with Crippen molar-refractivity contribution in [1.29, 1.82) is 0 Å². The van der Waals surface area contributed by atoms with E-state index < -0.39 is 37.9 Å². The number of hydrogen-bond donors (Lipinski definition) is 2. The van der Waals surface area contributed by atoms with Gasteiger partial charge in [-0.05, 0) is 65.3 Å². The summed E-state index contributed by atoms with van der Waals surface area (Å²) in [4.78, 5) is 27.5. The average Bonchev–Trinajstić information content (AvgIpc) is 3.51. The van der Waals surface area contributed by atoms with Crippen molar-refractivity contribution in [3.8, 4) is 0 Å². The molecule has 0 aliphatic rings. The number of quaternary nitrogens is 1. The number of rotatable bonds is 31. The summed E-state index contributed by atoms with van der Waals surface area (Å²) in [5, 5.41) is 8.45. The summed E-state index contributed by atoms with van der Waals surface area (Å²) >= 11 is 0.722. The van der Waals surface area contributed by atoms with Crippen LogP contribution in [0, 0.1) is 6.92 Å². The van der Waals surface area contributed by atoms with E-state index in [2.05, 4.69) is 29.0 Å². The number of thiophene rings is 1. The van der Waals surface area contributed by atoms with Crippen LogP contribution in [-0.4, -0.2) is 153 Å². The molecule has 0 bridgehead atoms. The lowest BCUT2D eigenvalue weighted by Gasteiger charge is -2.36. The Balaban J connectivity index is 1.81. The fourth-order valence-electron chi connectivity index (χ4n) is 5.88. The molecule has 330 valence electrons. The lowest BCUT2D eigenvalue weighted by Crippen LogP contribution is -2.50. The van der Waals surface area contributed by atoms with Crippen molar-refractivity contribution >= 4 is 59.9 Å². The molecular formula is C37H61N4O14S3+. The molecule has 0 aliphatic carbocycles. The second-order valence-corrected chi connectivity index (χ2v) is 17.0. The fraction of sp³-hybridized carbons (Fsp3) is 0.676. The van der Waals surface area contributed by atoms with E-state index in [1.165, 1.54) is 0 Å². The average molecular weight is 882 g/mol. The molecule has 0 radical (unpaired) electrons. The van der Waals surface area contributed by atoms with Gasteiger partial charge in [0.2, 0.25) is 0 Å². The SMILES string of the molecule is CCOC(=O)c1sc(/N=N/c2ccc(N(CC)CCOCCOCCOCCOCC[N+](CC)(CC)CCCS(=O)(=O)O)cc2C)c(C(=O)OCC)c1CS(=O)(=O)O. The molecule has 21 heteroatoms. The third kappa shape index (κ3) is 18.4. The first kappa shape index (κ1) is 51.0. The molecule has 1 heterocycles. The number of benzene rings is 1. The molecule has 1 aromatic carbocycles. The molecular weight excluding hydrogens is 821 g/mol. The Hall–Kier alpha value is -3.12. The standard InChI is InChI=1S/C37H60N4O14S3/c1-7-40(15-18-50-20-22-52-24-25-53-23-21-51-19-17-41(8-2,9-3)16-12-26-57(44,45)46)30-13-14-32(29(6)27-30)38-39-35-33(36(42)54-10-4)31(28-58(47,48)49)34(56-35)37(43)55-11-5/h13-14,27H,7-12,15-26,28H2,1-6H3,(H-,44,45,46,47,48,49)/p+1/b39-38+. The number of nitrogens with zero attached hydrogens (tertiary/aromatic N) is 4. The molecule has 0 atom stereocenters. The van der Waals surface area contributed by atoms with Crippen LogP contribution < -0.4 is 4.90 Å². The largest absolute Gasteiger partial charge is 0.462 e. The van der Waals surface area contributed by atoms with E-state index >= 15 is 0 Å². The maximum Gasteiger partial charge on any atom is 0.348 e. The van der Waals surface area contributed by atoms with Crippen LogP contribution in [0.3, 0.4) is 0 Å². The Bertz CT molecular complexity index is 1820. The number of carbonyl (C=O) groups excluding carboxylic acids is 2. The molecule has 0 unspecified atom stereocenters. The molecule has 0 aliphatic heterocycles. The topological polar surface area (TPSA) is 226 Å². The lowest BCUT2D eigenvalue weighted by molar-refractivity contribution is -0.925. The minimum atomic E-state index is -4.65. The van der Waals surface area contributed by atoms with E-state index in [4.69, 9.17) is 33.0 Å². The van der Waals surface area contributed by atoms with Crippen molar-refractivity contribution in [3.63, 3.8) is 0 Å². The number of esters is 2. The highest BCUT2D eigenvalue weighted by Gasteiger charge is 2.31. The molecule has 0 spiro atoms. The highest BCUT2D eigenvalue weighted by Crippen LogP contribution is 2.39. The van der Waals surface area contributed by atoms with Gasteiger partial charge < -0.3 is 37.8 Å². The highest BCUT2D eigenvalue weighted by atomic mass is 32.2. The van der Waals surface area contributed by atoms with Gasteiger partial charge in [-0.2, -0.15) is 16.8 Å². The highest BCUT2D eigenvalue weighted by molar-refractivity contribution is 7.85. The third-order valence-electron chi connectivity index (χ3n) is 9.14. The Morgan fingerprint density at radius 2 is 1.33 bits per heavy atom. The Morgan fingerprint density at radius 3 is 1.84 bits per heavy atom. The summed E-state index contributed by atoms with van der Waals surface area (Å²) in [5.41, 5.74) is 1.62. The quantitative estimate of drug-likeness (QED) is 0.0325. The van der Waals surface area contributed by atoms with Crippen LogP contribution >= 0.6 is 11.3 Å². The zero-order chi connectivity index (χ0) is 43.2. The number of likely N-dealkylation sites (N-methyl/N-ethyl adjacent to an activating group) is 2. The molecule has 0 fully saturated rings. The first-order chi connectivity index (χ1) is 27.5. The van der Waals surface area contributed by atoms with E-state index in [1.807, 2.05) is 26.0 Å². The van der Waals surface area contributed by atoms with E-state index in [1.54, 1.807) is 19.9 Å². The maximum atomic E-state index is 12.9. The van der Waals surface area contributed by atoms with E-state index in [0.717, 1.165) is 46.7 Å². The zero-order valence-corrected chi connectivity index (χ0v) is 36.9. The van der Waals surface area contributed by atoms with Crippen LogP contribution in [0.15, 0.2) is 28.4 Å². The van der Waals surface area contributed by atoms with Crippen LogP contribution in [0.25, 0.3) is 0 Å². The molecule has 0 saturated carbocycles. The third-order valence-corrected chi connectivity index (χ3v) is 11.7. The zero-order valence-electron chi connectivity index (χ0n) is 34.5. The molecule has 2 rings (SSSR count). The fourth-order valence-corrected chi connectivity index (χ4v) is 8.14. The predicted molar refractivity (Wildman–Crippen MR) is 220 cm³/mol. The molecule has 2 N–H and O–H groups in total. The van der Waals surface area contributed by atoms with Crippen molar-refractivity contribution in [2.75, 3.05) is 116 Å². The predicted octanol–water partition coefficient (Wildman–Crippen LogP) is 5.24. The molecule has 0 saturated heterocycles. The monoisotopic (exact) mass is 881 g/mol. The van der Waals surface area contributed by atoms with Crippen LogP contribution in [-0.2, 0) is 54.4 Å². The number of carbonyl (C=O) groups is 2. The summed E-state index contributed by atoms with van der Waals surface area (Å²) in [6.45, 7) is 19.1. The van der Waals surface area contributed by atoms with Gasteiger partial charge in [-0.25, -0.2) is 9.59 Å². The first-order valence-electron chi connectivity index (χ1n) is 19.4. The van der Waals surface area contributed by atoms with Crippen LogP contribution in [0.2, 0.25) is 0 Å². The molecule has 1 aromatic heterocycles. The summed E-state index contributed by atoms with van der Waals surface area (Å²) in [7, 11) is -8.60. The molecule has 18 nitrogen and oxygen atoms in total. The Morgan fingerprint density at radius 1 is 0.759 bits per heavy atom. The minimum Gasteiger partial charge on any atom is -0.462 e. The van der Waals surface area contributed by atoms with Gasteiger partial charge >= 0.3 is 11.9 Å². The second-order valence-electron chi connectivity index (χ2n) is 13.0. The van der Waals surface area contributed by atoms with Crippen molar-refractivity contribution in [2.24, 2.45) is 10.2 Å². The van der Waals surface area contributed by atoms with Crippen molar-refractivity contribution < 1.29 is 68.4 Å². The van der Waals surface area contributed by atoms with Gasteiger partial charge in [0.15, 0.2) is 5.00 Å². The van der Waals surface area contributed by atoms with Gasteiger partial charge in [0.25, 0.3) is 20.2 Å². The maximum absolute atomic E-state index is 12.9. The second kappa shape index (κ2) is 26.2. The van der Waals surface area contributed by atoms with Crippen LogP contribution in [0.1, 0.15) is 72.2 Å². The summed E-state index contributed by atoms with van der Waals surface area (Å²) < 4.78 is 97.9. The van der Waals surface area contributed by atoms with Crippen molar-refractivity contribution in [1.82, 2.24) is 0 Å². The number of aryl methyl sites for hydroxylation is 1. The molecule has 58 heavy (non-hydrogen) atoms. The van der Waals surface area contributed by atoms with Gasteiger partial charge in [-0.1, -0.05) is 0 Å². The normalized spacial score (nSPS) is 12.3. The number of azo groups is 1. The summed E-state index contributed by atoms with van der Waals surface area (Å²) in [5.74, 6) is -3.03. The Kier molecular flexibility index (Phi) is 23.0. The van der Waals surface area contributed by atoms with Gasteiger partial charge in [-0.3, -0.25) is 9.11 Å². The number of anilines is 1. The summed E-state index contributed by atoms with van der Waals surface area (Å²) in [6.07, 6.45) is 0.401. The van der Waals surface area contributed by atoms with Gasteiger partial charge in [0.05, 0.1) is 97.1 Å². The van der Waals surface area contributed by atoms with E-state index in [9.17, 15) is 31.0 Å². The van der Waals surface area contributed by atoms with E-state index in [-0.39, 0.29) is 40.0 Å². The summed E-state index contributed by atoms with van der Waals surface area (Å²) in [6, 6.07) is 5.55. The smallest absolute Gasteiger partial charge is 0.348 e. The van der Waals surface area contributed by atoms with Gasteiger partial charge in [-0.15, -0.1) is 21.6 Å². The van der Waals surface area contributed by atoms with Crippen LogP contribution in [0.4, 0.5) is 16.4 Å². The number of hydrogen-bond acceptors (Lipinski definition) is 16. The first-order valence-corrected chi connectivity index (χ1v) is 23.4. The van der Waals surface area contributed by atoms with Gasteiger partial charge in [0.1, 0.15) is 22.7 Å². The van der Waals surface area contributed by atoms with Crippen molar-refractivity contribution in [3.05, 3.63) is 39.8 Å². The molecule has 0 amide bonds. The number of ether oxygens (including phenoxy) is 6. The van der Waals surface area contributed by atoms with Crippen molar-refractivity contribution in [2.45, 2.75) is 53.7 Å². The van der Waals surface area contributed by atoms with Crippen LogP contribution in [0.5, 0.6) is 0 Å². The Labute approximate surface area is 346 Å². The minimum absolute atomic E-state index is 0.000215.